The number of ether oxygens (including phenoxy) is 1. The number of hydrogen-bond acceptors (Lipinski definition) is 3. The first kappa shape index (κ1) is 13.7. The molecule has 1 aromatic rings. The second-order valence-electron chi connectivity index (χ2n) is 5.68. The molecule has 1 fully saturated rings. The van der Waals surface area contributed by atoms with Gasteiger partial charge < -0.3 is 10.5 Å². The van der Waals surface area contributed by atoms with Crippen LogP contribution in [0.1, 0.15) is 24.0 Å². The molecule has 0 aliphatic carbocycles. The third-order valence-corrected chi connectivity index (χ3v) is 4.38. The number of amidine groups is 1. The summed E-state index contributed by atoms with van der Waals surface area (Å²) in [6, 6.07) is 4.01. The maximum atomic E-state index is 7.62. The van der Waals surface area contributed by atoms with Gasteiger partial charge in [0.1, 0.15) is 5.75 Å². The first-order valence-corrected chi connectivity index (χ1v) is 7.51. The lowest BCUT2D eigenvalue weighted by molar-refractivity contribution is 0.193. The average Bonchev–Trinajstić information content (AvgIpc) is 2.87. The number of nitrogens with two attached hydrogens (primary N) is 1. The zero-order chi connectivity index (χ0) is 14.1. The smallest absolute Gasteiger partial charge is 0.127 e. The minimum Gasteiger partial charge on any atom is -0.493 e. The molecule has 1 atom stereocenters. The van der Waals surface area contributed by atoms with Crippen molar-refractivity contribution in [2.75, 3.05) is 19.7 Å². The van der Waals surface area contributed by atoms with E-state index in [9.17, 15) is 0 Å². The van der Waals surface area contributed by atoms with Crippen molar-refractivity contribution in [3.63, 3.8) is 0 Å². The summed E-state index contributed by atoms with van der Waals surface area (Å²) >= 11 is 6.20. The molecular weight excluding hydrogens is 274 g/mol. The second-order valence-corrected chi connectivity index (χ2v) is 6.12. The maximum absolute atomic E-state index is 7.62. The number of nitrogens with zero attached hydrogens (tertiary/aromatic N) is 1. The maximum Gasteiger partial charge on any atom is 0.127 e. The number of halogens is 1. The number of fused-ring (bicyclic) bond motifs is 1. The zero-order valence-electron chi connectivity index (χ0n) is 11.5. The standard InChI is InChI=1S/C15H20ClN3O/c16-13-6-10-3-5-20-14(10)12(7-13)9-19-4-1-2-11(8-19)15(17)18/h6-7,11H,1-5,8-9H2,(H3,17,18). The summed E-state index contributed by atoms with van der Waals surface area (Å²) in [6.45, 7) is 3.48. The van der Waals surface area contributed by atoms with Gasteiger partial charge in [0.25, 0.3) is 0 Å². The Morgan fingerprint density at radius 1 is 1.50 bits per heavy atom. The van der Waals surface area contributed by atoms with Gasteiger partial charge in [-0.2, -0.15) is 0 Å². The molecule has 0 bridgehead atoms. The number of hydrogen-bond donors (Lipinski definition) is 2. The SMILES string of the molecule is N=C(N)C1CCCN(Cc2cc(Cl)cc3c2OCC3)C1. The van der Waals surface area contributed by atoms with Gasteiger partial charge in [-0.3, -0.25) is 10.3 Å². The first-order valence-electron chi connectivity index (χ1n) is 7.14. The summed E-state index contributed by atoms with van der Waals surface area (Å²) in [7, 11) is 0. The minimum atomic E-state index is 0.192. The van der Waals surface area contributed by atoms with Crippen molar-refractivity contribution in [1.82, 2.24) is 4.90 Å². The highest BCUT2D eigenvalue weighted by atomic mass is 35.5. The molecule has 0 spiro atoms. The van der Waals surface area contributed by atoms with Crippen LogP contribution in [0.5, 0.6) is 5.75 Å². The summed E-state index contributed by atoms with van der Waals surface area (Å²) in [5.41, 5.74) is 8.02. The van der Waals surface area contributed by atoms with Crippen molar-refractivity contribution in [2.45, 2.75) is 25.8 Å². The van der Waals surface area contributed by atoms with Gasteiger partial charge in [0.15, 0.2) is 0 Å². The largest absolute Gasteiger partial charge is 0.493 e. The Hall–Kier alpha value is -1.26. The average molecular weight is 294 g/mol. The number of rotatable bonds is 3. The third kappa shape index (κ3) is 2.76. The molecule has 1 saturated heterocycles. The van der Waals surface area contributed by atoms with Crippen molar-refractivity contribution < 1.29 is 4.74 Å². The Bertz CT molecular complexity index is 532. The molecule has 5 heteroatoms. The van der Waals surface area contributed by atoms with Gasteiger partial charge in [0.2, 0.25) is 0 Å². The molecule has 2 aliphatic rings. The Labute approximate surface area is 124 Å². The van der Waals surface area contributed by atoms with Crippen LogP contribution in [0, 0.1) is 11.3 Å². The van der Waals surface area contributed by atoms with Crippen molar-refractivity contribution in [2.24, 2.45) is 11.7 Å². The fourth-order valence-corrected chi connectivity index (χ4v) is 3.42. The Balaban J connectivity index is 1.76. The molecule has 2 aliphatic heterocycles. The number of benzene rings is 1. The van der Waals surface area contributed by atoms with Gasteiger partial charge in [-0.15, -0.1) is 0 Å². The number of likely N-dealkylation sites (tertiary alicyclic amines) is 1. The fraction of sp³-hybridized carbons (Fsp3) is 0.533. The van der Waals surface area contributed by atoms with Crippen LogP contribution in [0.25, 0.3) is 0 Å². The van der Waals surface area contributed by atoms with Crippen molar-refractivity contribution in [1.29, 1.82) is 5.41 Å². The van der Waals surface area contributed by atoms with Gasteiger partial charge in [-0.05, 0) is 37.1 Å². The highest BCUT2D eigenvalue weighted by Crippen LogP contribution is 2.34. The topological polar surface area (TPSA) is 62.3 Å². The van der Waals surface area contributed by atoms with Crippen LogP contribution in [-0.4, -0.2) is 30.4 Å². The fourth-order valence-electron chi connectivity index (χ4n) is 3.16. The summed E-state index contributed by atoms with van der Waals surface area (Å²) in [4.78, 5) is 2.35. The van der Waals surface area contributed by atoms with Crippen LogP contribution in [-0.2, 0) is 13.0 Å². The molecule has 0 radical (unpaired) electrons. The van der Waals surface area contributed by atoms with E-state index in [1.54, 1.807) is 0 Å². The van der Waals surface area contributed by atoms with E-state index < -0.39 is 0 Å². The molecule has 20 heavy (non-hydrogen) atoms. The van der Waals surface area contributed by atoms with Crippen LogP contribution >= 0.6 is 11.6 Å². The molecule has 3 N–H and O–H groups in total. The van der Waals surface area contributed by atoms with Crippen molar-refractivity contribution in [3.05, 3.63) is 28.3 Å². The Kier molecular flexibility index (Phi) is 3.85. The zero-order valence-corrected chi connectivity index (χ0v) is 12.2. The quantitative estimate of drug-likeness (QED) is 0.664. The summed E-state index contributed by atoms with van der Waals surface area (Å²) in [5, 5.41) is 8.40. The number of nitrogens with one attached hydrogen (secondary N) is 1. The van der Waals surface area contributed by atoms with Gasteiger partial charge in [-0.25, -0.2) is 0 Å². The van der Waals surface area contributed by atoms with Gasteiger partial charge >= 0.3 is 0 Å². The molecule has 0 saturated carbocycles. The molecule has 4 nitrogen and oxygen atoms in total. The highest BCUT2D eigenvalue weighted by Gasteiger charge is 2.24. The van der Waals surface area contributed by atoms with Crippen molar-refractivity contribution in [3.8, 4) is 5.75 Å². The minimum absolute atomic E-state index is 0.192. The third-order valence-electron chi connectivity index (χ3n) is 4.16. The summed E-state index contributed by atoms with van der Waals surface area (Å²) < 4.78 is 5.75. The number of piperidine rings is 1. The lowest BCUT2D eigenvalue weighted by atomic mass is 9.96. The van der Waals surface area contributed by atoms with E-state index in [1.807, 2.05) is 12.1 Å². The van der Waals surface area contributed by atoms with Gasteiger partial charge in [-0.1, -0.05) is 11.6 Å². The monoisotopic (exact) mass is 293 g/mol. The van der Waals surface area contributed by atoms with E-state index in [2.05, 4.69) is 4.90 Å². The molecule has 0 aromatic heterocycles. The lowest BCUT2D eigenvalue weighted by Crippen LogP contribution is -2.40. The highest BCUT2D eigenvalue weighted by molar-refractivity contribution is 6.30. The predicted molar refractivity (Wildman–Crippen MR) is 80.6 cm³/mol. The summed E-state index contributed by atoms with van der Waals surface area (Å²) in [6.07, 6.45) is 3.06. The van der Waals surface area contributed by atoms with Crippen LogP contribution in [0.4, 0.5) is 0 Å². The van der Waals surface area contributed by atoms with Crippen LogP contribution in [0.3, 0.4) is 0 Å². The van der Waals surface area contributed by atoms with Crippen LogP contribution in [0.15, 0.2) is 12.1 Å². The molecule has 0 amide bonds. The van der Waals surface area contributed by atoms with Crippen LogP contribution in [0.2, 0.25) is 5.02 Å². The van der Waals surface area contributed by atoms with Crippen molar-refractivity contribution >= 4 is 17.4 Å². The Morgan fingerprint density at radius 2 is 2.35 bits per heavy atom. The van der Waals surface area contributed by atoms with E-state index in [0.29, 0.717) is 5.84 Å². The molecule has 2 heterocycles. The summed E-state index contributed by atoms with van der Waals surface area (Å²) in [5.74, 6) is 1.51. The molecule has 3 rings (SSSR count). The molecular formula is C15H20ClN3O. The normalized spacial score (nSPS) is 22.4. The first-order chi connectivity index (χ1) is 9.63. The predicted octanol–water partition coefficient (Wildman–Crippen LogP) is 2.42. The van der Waals surface area contributed by atoms with E-state index in [-0.39, 0.29) is 5.92 Å². The van der Waals surface area contributed by atoms with Crippen LogP contribution < -0.4 is 10.5 Å². The molecule has 1 unspecified atom stereocenters. The van der Waals surface area contributed by atoms with Gasteiger partial charge in [0, 0.05) is 36.0 Å². The van der Waals surface area contributed by atoms with E-state index in [4.69, 9.17) is 27.5 Å². The van der Waals surface area contributed by atoms with Gasteiger partial charge in [0.05, 0.1) is 12.4 Å². The Morgan fingerprint density at radius 3 is 3.15 bits per heavy atom. The van der Waals surface area contributed by atoms with E-state index >= 15 is 0 Å². The van der Waals surface area contributed by atoms with E-state index in [1.165, 1.54) is 5.56 Å². The molecule has 108 valence electrons. The lowest BCUT2D eigenvalue weighted by Gasteiger charge is -2.32. The van der Waals surface area contributed by atoms with E-state index in [0.717, 1.165) is 61.8 Å². The second kappa shape index (κ2) is 5.62. The molecule has 1 aromatic carbocycles.